The number of ether oxygens (including phenoxy) is 1. The summed E-state index contributed by atoms with van der Waals surface area (Å²) in [5.41, 5.74) is 3.40. The Bertz CT molecular complexity index is 1280. The molecule has 5 nitrogen and oxygen atoms in total. The van der Waals surface area contributed by atoms with Gasteiger partial charge in [0.2, 0.25) is 0 Å². The van der Waals surface area contributed by atoms with Crippen molar-refractivity contribution in [1.82, 2.24) is 9.78 Å². The van der Waals surface area contributed by atoms with Crippen LogP contribution in [0.15, 0.2) is 30.5 Å². The second-order valence-electron chi connectivity index (χ2n) is 12.8. The van der Waals surface area contributed by atoms with Gasteiger partial charge in [0.05, 0.1) is 17.7 Å². The van der Waals surface area contributed by atoms with Gasteiger partial charge in [-0.1, -0.05) is 37.9 Å². The van der Waals surface area contributed by atoms with E-state index in [2.05, 4.69) is 32.3 Å². The highest BCUT2D eigenvalue weighted by molar-refractivity contribution is 7.80. The number of rotatable bonds is 3. The van der Waals surface area contributed by atoms with Crippen molar-refractivity contribution in [2.75, 3.05) is 11.9 Å². The standard InChI is InChI=1S/C30H38ClN3O2S/c1-5-36-25(35)29(4)13-7-12-28(3)22(29)11-15-30-18-27(2,14-10-23(28)30)24-21(30)17-34(33-24)26(37)32-20-9-6-8-19(31)16-20/h6,8-9,16-17,22-23H,5,7,10-15,18H2,1-4H3,(H,32,37)/t22-,23-,27-,28+,29+,30+/m0/s1. The zero-order chi connectivity index (χ0) is 26.2. The van der Waals surface area contributed by atoms with E-state index in [1.807, 2.05) is 35.9 Å². The van der Waals surface area contributed by atoms with Gasteiger partial charge in [0, 0.05) is 33.3 Å². The number of nitrogens with one attached hydrogen (secondary N) is 1. The van der Waals surface area contributed by atoms with Gasteiger partial charge in [-0.15, -0.1) is 0 Å². The largest absolute Gasteiger partial charge is 0.466 e. The summed E-state index contributed by atoms with van der Waals surface area (Å²) < 4.78 is 7.53. The Morgan fingerprint density at radius 2 is 1.97 bits per heavy atom. The van der Waals surface area contributed by atoms with Crippen LogP contribution in [0.1, 0.15) is 90.3 Å². The highest BCUT2D eigenvalue weighted by Gasteiger charge is 2.68. The number of anilines is 1. The molecule has 37 heavy (non-hydrogen) atoms. The maximum atomic E-state index is 13.3. The zero-order valence-corrected chi connectivity index (χ0v) is 24.0. The Hall–Kier alpha value is -1.92. The summed E-state index contributed by atoms with van der Waals surface area (Å²) in [5, 5.41) is 9.68. The van der Waals surface area contributed by atoms with Gasteiger partial charge in [0.1, 0.15) is 0 Å². The summed E-state index contributed by atoms with van der Waals surface area (Å²) >= 11 is 12.0. The molecule has 7 heteroatoms. The molecule has 0 unspecified atom stereocenters. The number of nitrogens with zero attached hydrogens (tertiary/aromatic N) is 2. The maximum absolute atomic E-state index is 13.3. The average molecular weight is 540 g/mol. The SMILES string of the molecule is CCOC(=O)[C@]1(C)CCC[C@@]2(C)[C@@H]3CC[C@@]4(C)C[C@]3(CC[C@@H]21)c1cn(C(=S)Nc2cccc(Cl)c2)nc14. The van der Waals surface area contributed by atoms with Crippen LogP contribution in [-0.4, -0.2) is 27.5 Å². The first-order valence-electron chi connectivity index (χ1n) is 13.9. The predicted molar refractivity (Wildman–Crippen MR) is 151 cm³/mol. The molecular formula is C30H38ClN3O2S. The molecule has 0 amide bonds. The normalized spacial score (nSPS) is 37.8. The topological polar surface area (TPSA) is 56.1 Å². The number of benzene rings is 1. The number of thiocarbonyl (C=S) groups is 1. The van der Waals surface area contributed by atoms with E-state index in [1.165, 1.54) is 24.1 Å². The van der Waals surface area contributed by atoms with Crippen LogP contribution in [0.5, 0.6) is 0 Å². The van der Waals surface area contributed by atoms with Gasteiger partial charge in [0.25, 0.3) is 0 Å². The van der Waals surface area contributed by atoms with Gasteiger partial charge in [-0.05, 0) is 106 Å². The van der Waals surface area contributed by atoms with Crippen molar-refractivity contribution in [3.8, 4) is 0 Å². The summed E-state index contributed by atoms with van der Waals surface area (Å²) in [6, 6.07) is 7.61. The van der Waals surface area contributed by atoms with E-state index < -0.39 is 0 Å². The quantitative estimate of drug-likeness (QED) is 0.328. The molecule has 6 rings (SSSR count). The van der Waals surface area contributed by atoms with E-state index in [4.69, 9.17) is 33.7 Å². The molecule has 1 heterocycles. The Morgan fingerprint density at radius 3 is 2.73 bits per heavy atom. The fourth-order valence-electron chi connectivity index (χ4n) is 9.45. The van der Waals surface area contributed by atoms with Crippen molar-refractivity contribution in [1.29, 1.82) is 0 Å². The number of aromatic nitrogens is 2. The van der Waals surface area contributed by atoms with E-state index in [9.17, 15) is 4.79 Å². The molecular weight excluding hydrogens is 502 g/mol. The van der Waals surface area contributed by atoms with Crippen LogP contribution in [0, 0.1) is 22.7 Å². The summed E-state index contributed by atoms with van der Waals surface area (Å²) in [6.07, 6.45) is 11.1. The van der Waals surface area contributed by atoms with Crippen molar-refractivity contribution in [3.63, 3.8) is 0 Å². The molecule has 2 bridgehead atoms. The van der Waals surface area contributed by atoms with Crippen LogP contribution in [0.25, 0.3) is 0 Å². The Kier molecular flexibility index (Phi) is 5.85. The van der Waals surface area contributed by atoms with Crippen LogP contribution >= 0.6 is 23.8 Å². The van der Waals surface area contributed by atoms with Crippen molar-refractivity contribution in [3.05, 3.63) is 46.7 Å². The van der Waals surface area contributed by atoms with E-state index >= 15 is 0 Å². The summed E-state index contributed by atoms with van der Waals surface area (Å²) in [6.45, 7) is 9.46. The Balaban J connectivity index is 1.36. The number of hydrogen-bond acceptors (Lipinski definition) is 4. The summed E-state index contributed by atoms with van der Waals surface area (Å²) in [7, 11) is 0. The number of hydrogen-bond donors (Lipinski definition) is 1. The minimum absolute atomic E-state index is 0.0138. The molecule has 6 atom stereocenters. The van der Waals surface area contributed by atoms with Crippen LogP contribution in [0.4, 0.5) is 5.69 Å². The third kappa shape index (κ3) is 3.57. The average Bonchev–Trinajstić information content (AvgIpc) is 3.37. The minimum atomic E-state index is -0.389. The number of carbonyl (C=O) groups excluding carboxylic acids is 1. The third-order valence-corrected chi connectivity index (χ3v) is 11.4. The van der Waals surface area contributed by atoms with Gasteiger partial charge in [-0.25, -0.2) is 4.68 Å². The lowest BCUT2D eigenvalue weighted by Crippen LogP contribution is -2.60. The first-order valence-corrected chi connectivity index (χ1v) is 14.7. The third-order valence-electron chi connectivity index (χ3n) is 10.9. The lowest BCUT2D eigenvalue weighted by atomic mass is 9.40. The van der Waals surface area contributed by atoms with E-state index in [-0.39, 0.29) is 27.6 Å². The lowest BCUT2D eigenvalue weighted by molar-refractivity contribution is -0.180. The smallest absolute Gasteiger partial charge is 0.312 e. The van der Waals surface area contributed by atoms with Gasteiger partial charge in [0.15, 0.2) is 5.11 Å². The van der Waals surface area contributed by atoms with Gasteiger partial charge in [-0.2, -0.15) is 5.10 Å². The van der Waals surface area contributed by atoms with E-state index in [0.29, 0.717) is 28.6 Å². The molecule has 3 saturated carbocycles. The van der Waals surface area contributed by atoms with Crippen LogP contribution in [0.3, 0.4) is 0 Å². The van der Waals surface area contributed by atoms with Crippen LogP contribution in [0.2, 0.25) is 5.02 Å². The minimum Gasteiger partial charge on any atom is -0.466 e. The number of esters is 1. The molecule has 198 valence electrons. The fraction of sp³-hybridized carbons (Fsp3) is 0.633. The predicted octanol–water partition coefficient (Wildman–Crippen LogP) is 7.26. The van der Waals surface area contributed by atoms with Crippen molar-refractivity contribution in [2.24, 2.45) is 22.7 Å². The van der Waals surface area contributed by atoms with Crippen molar-refractivity contribution >= 4 is 40.6 Å². The molecule has 0 aliphatic heterocycles. The Labute approximate surface area is 230 Å². The van der Waals surface area contributed by atoms with E-state index in [0.717, 1.165) is 44.2 Å². The van der Waals surface area contributed by atoms with Gasteiger partial charge < -0.3 is 10.1 Å². The molecule has 0 saturated heterocycles. The summed E-state index contributed by atoms with van der Waals surface area (Å²) in [5.74, 6) is 0.909. The molecule has 4 aliphatic rings. The molecule has 1 aromatic carbocycles. The van der Waals surface area contributed by atoms with Crippen molar-refractivity contribution in [2.45, 2.75) is 89.9 Å². The molecule has 4 aliphatic carbocycles. The number of carbonyl (C=O) groups is 1. The second-order valence-corrected chi connectivity index (χ2v) is 13.7. The molecule has 0 radical (unpaired) electrons. The molecule has 1 spiro atoms. The first kappa shape index (κ1) is 25.4. The Morgan fingerprint density at radius 1 is 1.19 bits per heavy atom. The second kappa shape index (κ2) is 8.54. The lowest BCUT2D eigenvalue weighted by Gasteiger charge is -2.64. The van der Waals surface area contributed by atoms with Gasteiger partial charge >= 0.3 is 5.97 Å². The molecule has 1 N–H and O–H groups in total. The fourth-order valence-corrected chi connectivity index (χ4v) is 9.85. The van der Waals surface area contributed by atoms with E-state index in [1.54, 1.807) is 0 Å². The van der Waals surface area contributed by atoms with Crippen molar-refractivity contribution < 1.29 is 9.53 Å². The monoisotopic (exact) mass is 539 g/mol. The van der Waals surface area contributed by atoms with Crippen LogP contribution in [-0.2, 0) is 20.4 Å². The molecule has 1 aromatic heterocycles. The first-order chi connectivity index (χ1) is 17.6. The highest BCUT2D eigenvalue weighted by Crippen LogP contribution is 2.72. The summed E-state index contributed by atoms with van der Waals surface area (Å²) in [4.78, 5) is 13.3. The zero-order valence-electron chi connectivity index (χ0n) is 22.4. The highest BCUT2D eigenvalue weighted by atomic mass is 35.5. The number of fused-ring (bicyclic) bond motifs is 5. The molecule has 3 fully saturated rings. The maximum Gasteiger partial charge on any atom is 0.312 e. The van der Waals surface area contributed by atoms with Gasteiger partial charge in [-0.3, -0.25) is 4.79 Å². The molecule has 2 aromatic rings. The van der Waals surface area contributed by atoms with Crippen LogP contribution < -0.4 is 5.32 Å². The number of halogens is 1.